The molecule has 0 fully saturated rings. The Morgan fingerprint density at radius 3 is 1.00 bits per heavy atom. The number of halogens is 12. The van der Waals surface area contributed by atoms with E-state index in [2.05, 4.69) is 0 Å². The molecule has 3 nitrogen and oxygen atoms in total. The summed E-state index contributed by atoms with van der Waals surface area (Å²) in [5, 5.41) is 0. The van der Waals surface area contributed by atoms with Crippen LogP contribution >= 0.6 is 7.60 Å². The largest absolute Gasteiger partial charge is 0.416 e. The molecule has 2 aromatic carbocycles. The van der Waals surface area contributed by atoms with Crippen LogP contribution in [0.3, 0.4) is 0 Å². The molecule has 0 unspecified atom stereocenters. The summed E-state index contributed by atoms with van der Waals surface area (Å²) in [7, 11) is -4.38. The van der Waals surface area contributed by atoms with Gasteiger partial charge in [0, 0.05) is 6.16 Å². The molecular weight excluding hydrogens is 547 g/mol. The molecule has 0 saturated heterocycles. The monoisotopic (exact) mass is 562 g/mol. The number of hydrogen-bond donors (Lipinski definition) is 0. The van der Waals surface area contributed by atoms with E-state index in [0.29, 0.717) is 24.3 Å². The van der Waals surface area contributed by atoms with Gasteiger partial charge in [0.05, 0.1) is 35.5 Å². The van der Waals surface area contributed by atoms with Crippen LogP contribution in [-0.2, 0) is 51.5 Å². The van der Waals surface area contributed by atoms with Crippen molar-refractivity contribution in [2.75, 3.05) is 6.16 Å². The average Bonchev–Trinajstić information content (AvgIpc) is 2.73. The maximum absolute atomic E-state index is 13.0. The Labute approximate surface area is 195 Å². The van der Waals surface area contributed by atoms with Crippen LogP contribution in [0.4, 0.5) is 52.7 Å². The van der Waals surface area contributed by atoms with Crippen molar-refractivity contribution < 1.29 is 66.3 Å². The highest BCUT2D eigenvalue weighted by molar-refractivity contribution is 7.53. The van der Waals surface area contributed by atoms with E-state index in [1.165, 1.54) is 0 Å². The van der Waals surface area contributed by atoms with Crippen molar-refractivity contribution in [2.24, 2.45) is 0 Å². The van der Waals surface area contributed by atoms with Crippen LogP contribution in [0.1, 0.15) is 40.3 Å². The molecule has 36 heavy (non-hydrogen) atoms. The number of hydrogen-bond acceptors (Lipinski definition) is 3. The highest BCUT2D eigenvalue weighted by atomic mass is 31.2. The first-order chi connectivity index (χ1) is 16.1. The van der Waals surface area contributed by atoms with E-state index in [-0.39, 0.29) is 12.1 Å². The van der Waals surface area contributed by atoms with Gasteiger partial charge in [-0.1, -0.05) is 6.92 Å². The van der Waals surface area contributed by atoms with Crippen molar-refractivity contribution in [2.45, 2.75) is 44.8 Å². The lowest BCUT2D eigenvalue weighted by Crippen LogP contribution is -2.12. The Kier molecular flexibility index (Phi) is 8.54. The van der Waals surface area contributed by atoms with Crippen LogP contribution in [0, 0.1) is 0 Å². The van der Waals surface area contributed by atoms with Crippen LogP contribution in [0.25, 0.3) is 0 Å². The van der Waals surface area contributed by atoms with E-state index in [0.717, 1.165) is 6.92 Å². The fourth-order valence-corrected chi connectivity index (χ4v) is 3.90. The Morgan fingerprint density at radius 2 is 0.806 bits per heavy atom. The van der Waals surface area contributed by atoms with Crippen molar-refractivity contribution >= 4 is 7.60 Å². The van der Waals surface area contributed by atoms with Crippen molar-refractivity contribution in [3.63, 3.8) is 0 Å². The third-order valence-electron chi connectivity index (χ3n) is 4.54. The van der Waals surface area contributed by atoms with Crippen LogP contribution < -0.4 is 0 Å². The summed E-state index contributed by atoms with van der Waals surface area (Å²) in [5.41, 5.74) is -8.10. The van der Waals surface area contributed by atoms with Gasteiger partial charge in [-0.25, -0.2) is 0 Å². The van der Waals surface area contributed by atoms with Gasteiger partial charge in [0.1, 0.15) is 0 Å². The number of rotatable bonds is 7. The van der Waals surface area contributed by atoms with Gasteiger partial charge in [0.25, 0.3) is 0 Å². The number of benzene rings is 2. The molecule has 2 rings (SSSR count). The molecule has 0 aromatic heterocycles. The fourth-order valence-electron chi connectivity index (χ4n) is 2.77. The number of alkyl halides is 12. The maximum Gasteiger partial charge on any atom is 0.416 e. The molecule has 0 N–H and O–H groups in total. The minimum absolute atomic E-state index is 0.148. The first-order valence-corrected chi connectivity index (χ1v) is 11.3. The van der Waals surface area contributed by atoms with Gasteiger partial charge in [0.2, 0.25) is 0 Å². The van der Waals surface area contributed by atoms with Crippen LogP contribution in [-0.4, -0.2) is 6.16 Å². The molecule has 0 heterocycles. The Balaban J connectivity index is 2.29. The minimum atomic E-state index is -5.17. The zero-order valence-electron chi connectivity index (χ0n) is 17.8. The van der Waals surface area contributed by atoms with Gasteiger partial charge in [-0.05, 0) is 47.5 Å². The Hall–Kier alpha value is -2.25. The lowest BCUT2D eigenvalue weighted by molar-refractivity contribution is -0.144. The lowest BCUT2D eigenvalue weighted by atomic mass is 10.1. The molecule has 0 radical (unpaired) electrons. The van der Waals surface area contributed by atoms with Gasteiger partial charge in [-0.2, -0.15) is 52.7 Å². The van der Waals surface area contributed by atoms with E-state index >= 15 is 0 Å². The molecule has 0 atom stereocenters. The molecule has 2 aromatic rings. The summed E-state index contributed by atoms with van der Waals surface area (Å²) in [6, 6.07) is 0.918. The molecule has 16 heteroatoms. The van der Waals surface area contributed by atoms with Crippen molar-refractivity contribution in [3.8, 4) is 0 Å². The highest BCUT2D eigenvalue weighted by Crippen LogP contribution is 2.50. The zero-order chi connectivity index (χ0) is 27.7. The van der Waals surface area contributed by atoms with Crippen LogP contribution in [0.2, 0.25) is 0 Å². The summed E-state index contributed by atoms with van der Waals surface area (Å²) < 4.78 is 178. The minimum Gasteiger partial charge on any atom is -0.304 e. The quantitative estimate of drug-likeness (QED) is 0.250. The summed E-state index contributed by atoms with van der Waals surface area (Å²) in [6.45, 7) is -1.02. The SMILES string of the molecule is CCP(=O)(OCc1cc(C(F)(F)F)cc(C(F)(F)F)c1)OCc1cc(C(F)(F)F)cc(C(F)(F)F)c1. The molecule has 0 aliphatic carbocycles. The standard InChI is InChI=1S/C20H15F12O3P/c1-2-36(33,34-9-11-3-13(17(21,22)23)7-14(4-11)18(24,25)26)35-10-12-5-15(19(27,28)29)8-16(6-12)20(30,31)32/h3-8H,2,9-10H2,1H3. The van der Waals surface area contributed by atoms with Crippen LogP contribution in [0.15, 0.2) is 36.4 Å². The Bertz CT molecular complexity index is 969. The molecule has 0 saturated carbocycles. The molecule has 0 amide bonds. The molecule has 0 bridgehead atoms. The highest BCUT2D eigenvalue weighted by Gasteiger charge is 2.38. The van der Waals surface area contributed by atoms with Gasteiger partial charge >= 0.3 is 32.3 Å². The third-order valence-corrected chi connectivity index (χ3v) is 6.36. The summed E-state index contributed by atoms with van der Waals surface area (Å²) in [4.78, 5) is 0. The van der Waals surface area contributed by atoms with Crippen molar-refractivity contribution in [1.29, 1.82) is 0 Å². The van der Waals surface area contributed by atoms with E-state index < -0.39 is 85.1 Å². The molecular formula is C20H15F12O3P. The topological polar surface area (TPSA) is 35.5 Å². The molecule has 0 aliphatic rings. The predicted octanol–water partition coefficient (Wildman–Crippen LogP) is 8.71. The second-order valence-electron chi connectivity index (χ2n) is 7.30. The third kappa shape index (κ3) is 8.13. The Morgan fingerprint density at radius 1 is 0.556 bits per heavy atom. The van der Waals surface area contributed by atoms with E-state index in [4.69, 9.17) is 9.05 Å². The zero-order valence-corrected chi connectivity index (χ0v) is 18.7. The smallest absolute Gasteiger partial charge is 0.304 e. The predicted molar refractivity (Wildman–Crippen MR) is 101 cm³/mol. The van der Waals surface area contributed by atoms with Gasteiger partial charge in [-0.15, -0.1) is 0 Å². The summed E-state index contributed by atoms with van der Waals surface area (Å²) in [6.07, 6.45) is -21.2. The van der Waals surface area contributed by atoms with Gasteiger partial charge in [-0.3, -0.25) is 4.57 Å². The van der Waals surface area contributed by atoms with E-state index in [9.17, 15) is 57.3 Å². The molecule has 0 aliphatic heterocycles. The van der Waals surface area contributed by atoms with Crippen molar-refractivity contribution in [3.05, 3.63) is 69.8 Å². The first-order valence-electron chi connectivity index (χ1n) is 9.59. The molecule has 0 spiro atoms. The van der Waals surface area contributed by atoms with E-state index in [1.54, 1.807) is 0 Å². The average molecular weight is 562 g/mol. The molecule has 202 valence electrons. The second kappa shape index (κ2) is 10.3. The van der Waals surface area contributed by atoms with Crippen LogP contribution in [0.5, 0.6) is 0 Å². The normalized spacial score (nSPS) is 13.8. The second-order valence-corrected chi connectivity index (χ2v) is 9.67. The summed E-state index contributed by atoms with van der Waals surface area (Å²) >= 11 is 0. The first kappa shape index (κ1) is 30.0. The van der Waals surface area contributed by atoms with Gasteiger partial charge in [0.15, 0.2) is 0 Å². The van der Waals surface area contributed by atoms with Crippen molar-refractivity contribution in [1.82, 2.24) is 0 Å². The summed E-state index contributed by atoms with van der Waals surface area (Å²) in [5.74, 6) is 0. The fraction of sp³-hybridized carbons (Fsp3) is 0.400. The lowest BCUT2D eigenvalue weighted by Gasteiger charge is -2.19. The van der Waals surface area contributed by atoms with E-state index in [1.807, 2.05) is 0 Å². The maximum atomic E-state index is 13.0. The van der Waals surface area contributed by atoms with Gasteiger partial charge < -0.3 is 9.05 Å².